The Hall–Kier alpha value is -7.24. The Morgan fingerprint density at radius 3 is 1.92 bits per heavy atom. The minimum atomic E-state index is -4.62. The van der Waals surface area contributed by atoms with Gasteiger partial charge in [-0.2, -0.15) is 18.4 Å². The van der Waals surface area contributed by atoms with Gasteiger partial charge in [0.05, 0.1) is 34.1 Å². The maximum atomic E-state index is 13.2. The third-order valence-electron chi connectivity index (χ3n) is 12.7. The van der Waals surface area contributed by atoms with Gasteiger partial charge in [0.2, 0.25) is 11.8 Å². The van der Waals surface area contributed by atoms with Crippen molar-refractivity contribution < 1.29 is 52.3 Å². The monoisotopic (exact) mass is 1100 g/mol. The summed E-state index contributed by atoms with van der Waals surface area (Å²) in [6, 6.07) is 24.2. The smallest absolute Gasteiger partial charge is 0.425 e. The largest absolute Gasteiger partial charge is 0.490 e. The highest BCUT2D eigenvalue weighted by Gasteiger charge is 2.39. The van der Waals surface area contributed by atoms with Crippen molar-refractivity contribution in [2.24, 2.45) is 12.8 Å². The number of nitrogens with two attached hydrogens (primary N) is 1. The van der Waals surface area contributed by atoms with Crippen LogP contribution in [0.5, 0.6) is 11.5 Å². The first-order valence-corrected chi connectivity index (χ1v) is 26.1. The van der Waals surface area contributed by atoms with Crippen LogP contribution < -0.4 is 25.8 Å². The van der Waals surface area contributed by atoms with Crippen molar-refractivity contribution in [1.29, 1.82) is 5.26 Å². The number of aliphatic hydroxyl groups is 3. The molecule has 0 aliphatic rings. The highest BCUT2D eigenvalue weighted by molar-refractivity contribution is 6.33. The number of benzene rings is 4. The molecule has 0 aliphatic heterocycles. The summed E-state index contributed by atoms with van der Waals surface area (Å²) in [6.45, 7) is 13.8. The number of nitrogens with one attached hydrogen (secondary N) is 2. The molecule has 4 aromatic carbocycles. The summed E-state index contributed by atoms with van der Waals surface area (Å²) in [7, 11) is 1.85. The van der Waals surface area contributed by atoms with Crippen LogP contribution in [0.3, 0.4) is 0 Å². The molecule has 418 valence electrons. The van der Waals surface area contributed by atoms with Crippen LogP contribution >= 0.6 is 11.6 Å². The Morgan fingerprint density at radius 1 is 0.833 bits per heavy atom. The summed E-state index contributed by atoms with van der Waals surface area (Å²) < 4.78 is 54.0. The van der Waals surface area contributed by atoms with Gasteiger partial charge >= 0.3 is 6.18 Å². The normalized spacial score (nSPS) is 13.1. The first kappa shape index (κ1) is 61.6. The molecule has 4 atom stereocenters. The van der Waals surface area contributed by atoms with Crippen molar-refractivity contribution in [2.75, 3.05) is 13.2 Å². The molecule has 16 nitrogen and oxygen atoms in total. The van der Waals surface area contributed by atoms with Gasteiger partial charge in [-0.15, -0.1) is 0 Å². The Morgan fingerprint density at radius 2 is 1.42 bits per heavy atom. The molecule has 4 unspecified atom stereocenters. The maximum absolute atomic E-state index is 13.2. The van der Waals surface area contributed by atoms with Gasteiger partial charge in [-0.25, -0.2) is 9.97 Å². The Bertz CT molecular complexity index is 3040. The average Bonchev–Trinajstić information content (AvgIpc) is 4.04. The number of aromatic nitrogens is 4. The van der Waals surface area contributed by atoms with Crippen LogP contribution in [0.4, 0.5) is 13.2 Å². The van der Waals surface area contributed by atoms with Crippen LogP contribution in [0.2, 0.25) is 5.02 Å². The Balaban J connectivity index is 0.000000291. The molecule has 0 radical (unpaired) electrons. The van der Waals surface area contributed by atoms with E-state index in [2.05, 4.69) is 21.7 Å². The Labute approximate surface area is 458 Å². The number of aryl methyl sites for hydroxylation is 2. The highest BCUT2D eigenvalue weighted by Crippen LogP contribution is 2.40. The average molecular weight is 1100 g/mol. The molecule has 20 heteroatoms. The number of amides is 3. The zero-order valence-electron chi connectivity index (χ0n) is 45.4. The number of hydrogen-bond donors (Lipinski definition) is 6. The minimum absolute atomic E-state index is 0.0457. The first-order chi connectivity index (χ1) is 36.8. The van der Waals surface area contributed by atoms with Crippen molar-refractivity contribution in [3.05, 3.63) is 141 Å². The number of rotatable bonds is 23. The molecule has 0 bridgehead atoms. The minimum Gasteiger partial charge on any atom is -0.490 e. The number of aliphatic hydroxyl groups excluding tert-OH is 2. The van der Waals surface area contributed by atoms with E-state index in [1.807, 2.05) is 105 Å². The fourth-order valence-electron chi connectivity index (χ4n) is 8.87. The van der Waals surface area contributed by atoms with E-state index in [1.54, 1.807) is 26.0 Å². The summed E-state index contributed by atoms with van der Waals surface area (Å²) in [5.41, 5.74) is 10.6. The van der Waals surface area contributed by atoms with Gasteiger partial charge in [0.1, 0.15) is 34.8 Å². The molecule has 78 heavy (non-hydrogen) atoms. The zero-order valence-corrected chi connectivity index (χ0v) is 46.2. The number of alkyl halides is 3. The maximum Gasteiger partial charge on any atom is 0.425 e. The fraction of sp³-hybridized carbons (Fsp3) is 0.414. The molecule has 0 spiro atoms. The number of carbonyl (C=O) groups is 3. The van der Waals surface area contributed by atoms with Crippen molar-refractivity contribution >= 4 is 29.3 Å². The van der Waals surface area contributed by atoms with Crippen molar-refractivity contribution in [3.63, 3.8) is 0 Å². The molecule has 3 amide bonds. The van der Waals surface area contributed by atoms with Crippen LogP contribution in [-0.4, -0.2) is 89.8 Å². The SMILES string of the molecule is CC(C)Oc1ccc(C(=O)NC(CCO)Cc2ccc(-c3cn(C)c(C(C)(C)O)n3)cc2)cc1C#N.CCC(NC(C)=O)c1nc(-c2ccc(CC(CCO)c3c(C(N)=O)ccc(OC(C)C(F)(F)F)c3Cl)cc2)cn1CC. The van der Waals surface area contributed by atoms with E-state index in [1.165, 1.54) is 25.1 Å². The highest BCUT2D eigenvalue weighted by atomic mass is 35.5. The van der Waals surface area contributed by atoms with Gasteiger partial charge in [0.25, 0.3) is 5.91 Å². The van der Waals surface area contributed by atoms with Crippen molar-refractivity contribution in [2.45, 2.75) is 136 Å². The summed E-state index contributed by atoms with van der Waals surface area (Å²) in [4.78, 5) is 46.2. The van der Waals surface area contributed by atoms with Gasteiger partial charge in [-0.3, -0.25) is 14.4 Å². The molecule has 2 heterocycles. The fourth-order valence-corrected chi connectivity index (χ4v) is 9.23. The molecule has 0 saturated heterocycles. The lowest BCUT2D eigenvalue weighted by molar-refractivity contribution is -0.189. The lowest BCUT2D eigenvalue weighted by atomic mass is 9.86. The second-order valence-electron chi connectivity index (χ2n) is 19.7. The lowest BCUT2D eigenvalue weighted by Gasteiger charge is -2.24. The quantitative estimate of drug-likeness (QED) is 0.0353. The van der Waals surface area contributed by atoms with E-state index in [0.717, 1.165) is 46.4 Å². The molecule has 0 saturated carbocycles. The van der Waals surface area contributed by atoms with E-state index >= 15 is 0 Å². The van der Waals surface area contributed by atoms with Gasteiger partial charge in [-0.1, -0.05) is 67.1 Å². The number of primary amides is 1. The first-order valence-electron chi connectivity index (χ1n) is 25.7. The second-order valence-corrected chi connectivity index (χ2v) is 20.1. The number of imidazole rings is 2. The molecule has 0 aliphatic carbocycles. The Kier molecular flexibility index (Phi) is 21.6. The number of nitrogens with zero attached hydrogens (tertiary/aromatic N) is 5. The van der Waals surface area contributed by atoms with Crippen LogP contribution in [0.1, 0.15) is 141 Å². The number of halogens is 4. The van der Waals surface area contributed by atoms with E-state index in [4.69, 9.17) is 31.8 Å². The van der Waals surface area contributed by atoms with Gasteiger partial charge in [-0.05, 0) is 127 Å². The standard InChI is InChI=1S/C30H36ClF3N4O4.C28H34N4O4/c1-5-23(36-18(4)40)29-37-24(16-38(29)6-2)20-9-7-19(8-10-20)15-21(13-14-39)26-22(28(35)41)11-12-25(27(26)31)42-17(3)30(32,33)34;1-18(2)36-25-11-10-21(15-22(25)16-29)26(34)30-23(12-13-33)14-19-6-8-20(9-7-19)24-17-32(5)27(31-24)28(3,4)35/h7-12,16-17,21,23,39H,5-6,13-15H2,1-4H3,(H2,35,41)(H,36,40);6-11,15,17-18,23,33,35H,12-14H2,1-5H3,(H,30,34). The third kappa shape index (κ3) is 16.4. The van der Waals surface area contributed by atoms with Crippen LogP contribution in [-0.2, 0) is 36.8 Å². The molecule has 2 aromatic heterocycles. The summed E-state index contributed by atoms with van der Waals surface area (Å²) in [5, 5.41) is 44.8. The third-order valence-corrected chi connectivity index (χ3v) is 13.1. The number of carbonyl (C=O) groups excluding carboxylic acids is 3. The van der Waals surface area contributed by atoms with Gasteiger partial charge < -0.3 is 50.3 Å². The predicted octanol–water partition coefficient (Wildman–Crippen LogP) is 9.64. The molecule has 6 aromatic rings. The molecule has 6 rings (SSSR count). The van der Waals surface area contributed by atoms with Crippen LogP contribution in [0.15, 0.2) is 91.3 Å². The van der Waals surface area contributed by atoms with E-state index in [-0.39, 0.29) is 71.5 Å². The van der Waals surface area contributed by atoms with Crippen molar-refractivity contribution in [1.82, 2.24) is 29.7 Å². The molecular weight excluding hydrogens is 1030 g/mol. The molecule has 7 N–H and O–H groups in total. The number of ether oxygens (including phenoxy) is 2. The summed E-state index contributed by atoms with van der Waals surface area (Å²) >= 11 is 6.54. The topological polar surface area (TPSA) is 240 Å². The van der Waals surface area contributed by atoms with Crippen LogP contribution in [0, 0.1) is 11.3 Å². The van der Waals surface area contributed by atoms with E-state index in [9.17, 15) is 48.1 Å². The number of hydrogen-bond acceptors (Lipinski definition) is 11. The van der Waals surface area contributed by atoms with Crippen molar-refractivity contribution in [3.8, 4) is 40.1 Å². The summed E-state index contributed by atoms with van der Waals surface area (Å²) in [5.74, 6) is -0.247. The van der Waals surface area contributed by atoms with Gasteiger partial charge in [0, 0.05) is 74.4 Å². The lowest BCUT2D eigenvalue weighted by Crippen LogP contribution is -2.37. The number of nitriles is 1. The second kappa shape index (κ2) is 27.4. The van der Waals surface area contributed by atoms with Gasteiger partial charge in [0.15, 0.2) is 6.10 Å². The molecule has 0 fully saturated rings. The zero-order chi connectivity index (χ0) is 57.6. The van der Waals surface area contributed by atoms with E-state index in [0.29, 0.717) is 54.9 Å². The predicted molar refractivity (Wildman–Crippen MR) is 292 cm³/mol. The molecular formula is C58H70ClF3N8O8. The van der Waals surface area contributed by atoms with E-state index < -0.39 is 29.7 Å². The van der Waals surface area contributed by atoms with Crippen LogP contribution in [0.25, 0.3) is 22.5 Å². The summed E-state index contributed by atoms with van der Waals surface area (Å²) in [6.07, 6.45) is -0.941.